The van der Waals surface area contributed by atoms with E-state index < -0.39 is 0 Å². The van der Waals surface area contributed by atoms with Crippen LogP contribution in [0.4, 0.5) is 0 Å². The SMILES string of the molecule is CC(C)(C)c1ccc(=O)n(C2CCN(C(=O)CC(c3ccccc3)c3ccccc3)CC2)n1. The van der Waals surface area contributed by atoms with Crippen LogP contribution in [0, 0.1) is 0 Å². The first-order valence-corrected chi connectivity index (χ1v) is 11.8. The molecule has 4 rings (SSSR count). The van der Waals surface area contributed by atoms with Gasteiger partial charge in [0.1, 0.15) is 0 Å². The molecule has 1 aliphatic heterocycles. The summed E-state index contributed by atoms with van der Waals surface area (Å²) in [4.78, 5) is 27.7. The smallest absolute Gasteiger partial charge is 0.267 e. The minimum Gasteiger partial charge on any atom is -0.343 e. The van der Waals surface area contributed by atoms with E-state index >= 15 is 0 Å². The predicted octanol–water partition coefficient (Wildman–Crippen LogP) is 4.93. The number of carbonyl (C=O) groups is 1. The van der Waals surface area contributed by atoms with E-state index in [4.69, 9.17) is 0 Å². The maximum atomic E-state index is 13.3. The number of nitrogens with zero attached hydrogens (tertiary/aromatic N) is 3. The highest BCUT2D eigenvalue weighted by Crippen LogP contribution is 2.30. The molecule has 1 amide bonds. The van der Waals surface area contributed by atoms with Crippen LogP contribution in [0.5, 0.6) is 0 Å². The molecule has 172 valence electrons. The highest BCUT2D eigenvalue weighted by Gasteiger charge is 2.28. The van der Waals surface area contributed by atoms with Crippen molar-refractivity contribution in [3.8, 4) is 0 Å². The van der Waals surface area contributed by atoms with Crippen LogP contribution in [0.2, 0.25) is 0 Å². The molecule has 2 aromatic carbocycles. The van der Waals surface area contributed by atoms with Gasteiger partial charge in [-0.2, -0.15) is 5.10 Å². The molecule has 5 nitrogen and oxygen atoms in total. The molecule has 3 aromatic rings. The Balaban J connectivity index is 1.46. The van der Waals surface area contributed by atoms with Gasteiger partial charge >= 0.3 is 0 Å². The Morgan fingerprint density at radius 2 is 1.45 bits per heavy atom. The van der Waals surface area contributed by atoms with Gasteiger partial charge in [-0.25, -0.2) is 4.68 Å². The highest BCUT2D eigenvalue weighted by molar-refractivity contribution is 5.78. The summed E-state index contributed by atoms with van der Waals surface area (Å²) in [5, 5.41) is 4.67. The van der Waals surface area contributed by atoms with Gasteiger partial charge in [0.15, 0.2) is 0 Å². The van der Waals surface area contributed by atoms with E-state index in [-0.39, 0.29) is 28.8 Å². The Labute approximate surface area is 196 Å². The fourth-order valence-corrected chi connectivity index (χ4v) is 4.55. The Hall–Kier alpha value is -3.21. The van der Waals surface area contributed by atoms with Crippen LogP contribution >= 0.6 is 0 Å². The standard InChI is InChI=1S/C28H33N3O2/c1-28(2,3)25-14-15-26(32)31(29-25)23-16-18-30(19-17-23)27(33)20-24(21-10-6-4-7-11-21)22-12-8-5-9-13-22/h4-15,23-24H,16-20H2,1-3H3. The molecule has 1 saturated heterocycles. The van der Waals surface area contributed by atoms with E-state index in [1.165, 1.54) is 0 Å². The van der Waals surface area contributed by atoms with Crippen molar-refractivity contribution in [2.24, 2.45) is 0 Å². The van der Waals surface area contributed by atoms with Crippen molar-refractivity contribution in [3.05, 3.63) is 100.0 Å². The number of piperidine rings is 1. The largest absolute Gasteiger partial charge is 0.343 e. The molecule has 0 bridgehead atoms. The van der Waals surface area contributed by atoms with Gasteiger partial charge in [-0.15, -0.1) is 0 Å². The molecule has 1 aromatic heterocycles. The van der Waals surface area contributed by atoms with Gasteiger partial charge < -0.3 is 4.90 Å². The molecule has 0 aliphatic carbocycles. The maximum Gasteiger partial charge on any atom is 0.267 e. The number of hydrogen-bond donors (Lipinski definition) is 0. The number of carbonyl (C=O) groups excluding carboxylic acids is 1. The van der Waals surface area contributed by atoms with Gasteiger partial charge in [0.05, 0.1) is 11.7 Å². The molecule has 1 fully saturated rings. The molecule has 0 atom stereocenters. The Bertz CT molecular complexity index is 1090. The number of rotatable bonds is 5. The summed E-state index contributed by atoms with van der Waals surface area (Å²) in [7, 11) is 0. The third-order valence-electron chi connectivity index (χ3n) is 6.54. The Morgan fingerprint density at radius 3 is 1.97 bits per heavy atom. The van der Waals surface area contributed by atoms with Crippen molar-refractivity contribution < 1.29 is 4.79 Å². The van der Waals surface area contributed by atoms with E-state index in [1.54, 1.807) is 10.7 Å². The van der Waals surface area contributed by atoms with Crippen LogP contribution in [0.25, 0.3) is 0 Å². The maximum absolute atomic E-state index is 13.3. The average molecular weight is 444 g/mol. The molecule has 2 heterocycles. The number of benzene rings is 2. The second kappa shape index (κ2) is 9.74. The fourth-order valence-electron chi connectivity index (χ4n) is 4.55. The number of aromatic nitrogens is 2. The quantitative estimate of drug-likeness (QED) is 0.562. The molecule has 1 aliphatic rings. The first-order chi connectivity index (χ1) is 15.8. The van der Waals surface area contributed by atoms with E-state index in [0.717, 1.165) is 29.7 Å². The Kier molecular flexibility index (Phi) is 6.77. The minimum absolute atomic E-state index is 0.0305. The van der Waals surface area contributed by atoms with Crippen LogP contribution < -0.4 is 5.56 Å². The summed E-state index contributed by atoms with van der Waals surface area (Å²) in [5.74, 6) is 0.195. The zero-order valence-electron chi connectivity index (χ0n) is 19.8. The molecule has 5 heteroatoms. The lowest BCUT2D eigenvalue weighted by molar-refractivity contribution is -0.132. The molecular weight excluding hydrogens is 410 g/mol. The van der Waals surface area contributed by atoms with Crippen LogP contribution in [0.1, 0.15) is 68.8 Å². The van der Waals surface area contributed by atoms with Crippen LogP contribution in [0.3, 0.4) is 0 Å². The third kappa shape index (κ3) is 5.41. The van der Waals surface area contributed by atoms with Gasteiger partial charge in [0, 0.05) is 36.9 Å². The van der Waals surface area contributed by atoms with Crippen molar-refractivity contribution >= 4 is 5.91 Å². The molecule has 0 N–H and O–H groups in total. The lowest BCUT2D eigenvalue weighted by Gasteiger charge is -2.33. The highest BCUT2D eigenvalue weighted by atomic mass is 16.2. The summed E-state index contributed by atoms with van der Waals surface area (Å²) in [6, 6.07) is 24.0. The molecule has 0 spiro atoms. The average Bonchev–Trinajstić information content (AvgIpc) is 2.83. The lowest BCUT2D eigenvalue weighted by Crippen LogP contribution is -2.42. The normalized spacial score (nSPS) is 15.1. The molecular formula is C28H33N3O2. The first-order valence-electron chi connectivity index (χ1n) is 11.8. The molecule has 0 unspecified atom stereocenters. The lowest BCUT2D eigenvalue weighted by atomic mass is 9.88. The molecule has 33 heavy (non-hydrogen) atoms. The molecule has 0 radical (unpaired) electrons. The van der Waals surface area contributed by atoms with E-state index in [2.05, 4.69) is 50.1 Å². The van der Waals surface area contributed by atoms with Crippen LogP contribution in [-0.4, -0.2) is 33.7 Å². The van der Waals surface area contributed by atoms with Gasteiger partial charge in [0.25, 0.3) is 5.56 Å². The summed E-state index contributed by atoms with van der Waals surface area (Å²) >= 11 is 0. The van der Waals surface area contributed by atoms with Gasteiger partial charge in [0.2, 0.25) is 5.91 Å². The van der Waals surface area contributed by atoms with Crippen molar-refractivity contribution in [2.75, 3.05) is 13.1 Å². The number of amides is 1. The zero-order valence-corrected chi connectivity index (χ0v) is 19.8. The zero-order chi connectivity index (χ0) is 23.4. The summed E-state index contributed by atoms with van der Waals surface area (Å²) in [6.45, 7) is 7.59. The Morgan fingerprint density at radius 1 is 0.909 bits per heavy atom. The third-order valence-corrected chi connectivity index (χ3v) is 6.54. The van der Waals surface area contributed by atoms with Crippen LogP contribution in [0.15, 0.2) is 77.6 Å². The summed E-state index contributed by atoms with van der Waals surface area (Å²) in [6.07, 6.45) is 1.93. The summed E-state index contributed by atoms with van der Waals surface area (Å²) < 4.78 is 1.64. The first kappa shape index (κ1) is 23.0. The topological polar surface area (TPSA) is 55.2 Å². The van der Waals surface area contributed by atoms with Crippen molar-refractivity contribution in [2.45, 2.75) is 57.4 Å². The monoisotopic (exact) mass is 443 g/mol. The fraction of sp³-hybridized carbons (Fsp3) is 0.393. The second-order valence-corrected chi connectivity index (χ2v) is 9.94. The number of likely N-dealkylation sites (tertiary alicyclic amines) is 1. The van der Waals surface area contributed by atoms with Gasteiger partial charge in [-0.1, -0.05) is 81.4 Å². The van der Waals surface area contributed by atoms with Crippen molar-refractivity contribution in [3.63, 3.8) is 0 Å². The van der Waals surface area contributed by atoms with Gasteiger partial charge in [-0.3, -0.25) is 9.59 Å². The van der Waals surface area contributed by atoms with Crippen molar-refractivity contribution in [1.29, 1.82) is 0 Å². The van der Waals surface area contributed by atoms with E-state index in [0.29, 0.717) is 19.5 Å². The second-order valence-electron chi connectivity index (χ2n) is 9.94. The summed E-state index contributed by atoms with van der Waals surface area (Å²) in [5.41, 5.74) is 3.04. The van der Waals surface area contributed by atoms with E-state index in [1.807, 2.05) is 47.4 Å². The van der Waals surface area contributed by atoms with Crippen LogP contribution in [-0.2, 0) is 10.2 Å². The van der Waals surface area contributed by atoms with Crippen molar-refractivity contribution in [1.82, 2.24) is 14.7 Å². The van der Waals surface area contributed by atoms with Gasteiger partial charge in [-0.05, 0) is 30.0 Å². The predicted molar refractivity (Wildman–Crippen MR) is 131 cm³/mol. The minimum atomic E-state index is -0.115. The van der Waals surface area contributed by atoms with E-state index in [9.17, 15) is 9.59 Å². The number of hydrogen-bond acceptors (Lipinski definition) is 3. The molecule has 0 saturated carbocycles.